The van der Waals surface area contributed by atoms with Gasteiger partial charge in [-0.05, 0) is 42.9 Å². The largest absolute Gasteiger partial charge is 0.274 e. The predicted molar refractivity (Wildman–Crippen MR) is 104 cm³/mol. The van der Waals surface area contributed by atoms with E-state index in [0.717, 1.165) is 34.5 Å². The monoisotopic (exact) mass is 362 g/mol. The average molecular weight is 362 g/mol. The van der Waals surface area contributed by atoms with Gasteiger partial charge in [0.15, 0.2) is 0 Å². The molecule has 26 heavy (non-hydrogen) atoms. The maximum Gasteiger partial charge on any atom is 0.261 e. The first kappa shape index (κ1) is 16.8. The van der Waals surface area contributed by atoms with Crippen LogP contribution >= 0.6 is 11.8 Å². The van der Waals surface area contributed by atoms with Gasteiger partial charge in [-0.25, -0.2) is 4.98 Å². The fourth-order valence-electron chi connectivity index (χ4n) is 3.12. The van der Waals surface area contributed by atoms with Crippen molar-refractivity contribution in [2.45, 2.75) is 17.9 Å². The molecule has 0 saturated carbocycles. The van der Waals surface area contributed by atoms with E-state index in [1.54, 1.807) is 36.0 Å². The van der Waals surface area contributed by atoms with Crippen molar-refractivity contribution in [2.75, 3.05) is 12.3 Å². The van der Waals surface area contributed by atoms with Crippen LogP contribution in [0.2, 0.25) is 0 Å². The lowest BCUT2D eigenvalue weighted by atomic mass is 10.1. The summed E-state index contributed by atoms with van der Waals surface area (Å²) in [7, 11) is 0. The number of hydrogen-bond donors (Lipinski definition) is 0. The standard InChI is InChI=1S/C21H18N2O2S/c24-20-16-8-2-3-9-17(16)21(25)23(20)13-5-6-14-26-19-12-11-15-7-1-4-10-18(15)22-19/h1-4,7-12H,5-6,13-14H2. The molecular weight excluding hydrogens is 344 g/mol. The molecule has 4 rings (SSSR count). The summed E-state index contributed by atoms with van der Waals surface area (Å²) in [5.41, 5.74) is 2.04. The van der Waals surface area contributed by atoms with Gasteiger partial charge in [-0.2, -0.15) is 0 Å². The van der Waals surface area contributed by atoms with Gasteiger partial charge in [-0.1, -0.05) is 36.4 Å². The Hall–Kier alpha value is -2.66. The van der Waals surface area contributed by atoms with Crippen molar-refractivity contribution in [1.29, 1.82) is 0 Å². The van der Waals surface area contributed by atoms with Gasteiger partial charge in [0, 0.05) is 11.9 Å². The molecule has 0 atom stereocenters. The number of para-hydroxylation sites is 1. The fourth-order valence-corrected chi connectivity index (χ4v) is 4.00. The van der Waals surface area contributed by atoms with E-state index < -0.39 is 0 Å². The summed E-state index contributed by atoms with van der Waals surface area (Å²) in [5.74, 6) is 0.568. The quantitative estimate of drug-likeness (QED) is 0.370. The second-order valence-electron chi connectivity index (χ2n) is 6.21. The van der Waals surface area contributed by atoms with E-state index in [4.69, 9.17) is 0 Å². The Labute approximate surface area is 156 Å². The zero-order valence-electron chi connectivity index (χ0n) is 14.2. The van der Waals surface area contributed by atoms with Crippen LogP contribution in [0.25, 0.3) is 10.9 Å². The molecule has 0 bridgehead atoms. The lowest BCUT2D eigenvalue weighted by Crippen LogP contribution is -2.30. The van der Waals surface area contributed by atoms with Crippen LogP contribution < -0.4 is 0 Å². The number of hydrogen-bond acceptors (Lipinski definition) is 4. The number of benzene rings is 2. The Bertz CT molecular complexity index is 951. The third kappa shape index (κ3) is 3.22. The summed E-state index contributed by atoms with van der Waals surface area (Å²) >= 11 is 1.71. The lowest BCUT2D eigenvalue weighted by molar-refractivity contribution is 0.0652. The zero-order valence-corrected chi connectivity index (χ0v) is 15.0. The van der Waals surface area contributed by atoms with Crippen molar-refractivity contribution in [3.63, 3.8) is 0 Å². The van der Waals surface area contributed by atoms with Crippen LogP contribution in [0.15, 0.2) is 65.7 Å². The van der Waals surface area contributed by atoms with Crippen LogP contribution in [0.1, 0.15) is 33.6 Å². The summed E-state index contributed by atoms with van der Waals surface area (Å²) < 4.78 is 0. The molecule has 1 aliphatic heterocycles. The van der Waals surface area contributed by atoms with Gasteiger partial charge in [0.05, 0.1) is 21.7 Å². The van der Waals surface area contributed by atoms with Gasteiger partial charge in [0.1, 0.15) is 0 Å². The number of pyridine rings is 1. The number of carbonyl (C=O) groups is 2. The molecule has 0 N–H and O–H groups in total. The van der Waals surface area contributed by atoms with E-state index in [1.807, 2.05) is 24.3 Å². The number of aromatic nitrogens is 1. The Morgan fingerprint density at radius 3 is 2.27 bits per heavy atom. The van der Waals surface area contributed by atoms with Crippen LogP contribution in [0.4, 0.5) is 0 Å². The highest BCUT2D eigenvalue weighted by molar-refractivity contribution is 7.99. The highest BCUT2D eigenvalue weighted by atomic mass is 32.2. The highest BCUT2D eigenvalue weighted by Gasteiger charge is 2.34. The third-order valence-electron chi connectivity index (χ3n) is 4.48. The number of thioether (sulfide) groups is 1. The van der Waals surface area contributed by atoms with E-state index >= 15 is 0 Å². The first-order chi connectivity index (χ1) is 12.7. The number of unbranched alkanes of at least 4 members (excludes halogenated alkanes) is 1. The molecular formula is C21H18N2O2S. The molecule has 0 aliphatic carbocycles. The second-order valence-corrected chi connectivity index (χ2v) is 7.32. The maximum absolute atomic E-state index is 12.3. The normalized spacial score (nSPS) is 13.5. The minimum Gasteiger partial charge on any atom is -0.274 e. The van der Waals surface area contributed by atoms with Crippen molar-refractivity contribution in [3.8, 4) is 0 Å². The molecule has 2 heterocycles. The molecule has 0 fully saturated rings. The first-order valence-corrected chi connectivity index (χ1v) is 9.66. The SMILES string of the molecule is O=C1c2ccccc2C(=O)N1CCCCSc1ccc2ccccc2n1. The topological polar surface area (TPSA) is 50.3 Å². The predicted octanol–water partition coefficient (Wildman–Crippen LogP) is 4.40. The van der Waals surface area contributed by atoms with E-state index in [-0.39, 0.29) is 11.8 Å². The maximum atomic E-state index is 12.3. The second kappa shape index (κ2) is 7.30. The Morgan fingerprint density at radius 1 is 0.808 bits per heavy atom. The van der Waals surface area contributed by atoms with E-state index in [1.165, 1.54) is 4.90 Å². The van der Waals surface area contributed by atoms with Crippen LogP contribution in [-0.4, -0.2) is 34.0 Å². The minimum atomic E-state index is -0.172. The molecule has 0 unspecified atom stereocenters. The molecule has 0 saturated heterocycles. The number of rotatable bonds is 6. The van der Waals surface area contributed by atoms with Gasteiger partial charge in [-0.15, -0.1) is 11.8 Å². The van der Waals surface area contributed by atoms with Gasteiger partial charge in [-0.3, -0.25) is 14.5 Å². The zero-order chi connectivity index (χ0) is 17.9. The van der Waals surface area contributed by atoms with Crippen molar-refractivity contribution < 1.29 is 9.59 Å². The number of amides is 2. The van der Waals surface area contributed by atoms with Crippen LogP contribution in [0.5, 0.6) is 0 Å². The smallest absolute Gasteiger partial charge is 0.261 e. The van der Waals surface area contributed by atoms with Crippen molar-refractivity contribution in [2.24, 2.45) is 0 Å². The fraction of sp³-hybridized carbons (Fsp3) is 0.190. The first-order valence-electron chi connectivity index (χ1n) is 8.68. The molecule has 2 amide bonds. The molecule has 3 aromatic rings. The third-order valence-corrected chi connectivity index (χ3v) is 5.49. The number of nitrogens with zero attached hydrogens (tertiary/aromatic N) is 2. The average Bonchev–Trinajstić information content (AvgIpc) is 2.92. The molecule has 0 spiro atoms. The van der Waals surface area contributed by atoms with Crippen LogP contribution in [-0.2, 0) is 0 Å². The number of imide groups is 1. The van der Waals surface area contributed by atoms with Gasteiger partial charge >= 0.3 is 0 Å². The number of fused-ring (bicyclic) bond motifs is 2. The lowest BCUT2D eigenvalue weighted by Gasteiger charge is -2.13. The molecule has 1 aromatic heterocycles. The summed E-state index contributed by atoms with van der Waals surface area (Å²) in [5, 5.41) is 2.15. The summed E-state index contributed by atoms with van der Waals surface area (Å²) in [6.45, 7) is 0.470. The molecule has 5 heteroatoms. The summed E-state index contributed by atoms with van der Waals surface area (Å²) in [6, 6.07) is 19.2. The summed E-state index contributed by atoms with van der Waals surface area (Å²) in [4.78, 5) is 30.6. The summed E-state index contributed by atoms with van der Waals surface area (Å²) in [6.07, 6.45) is 1.72. The minimum absolute atomic E-state index is 0.172. The van der Waals surface area contributed by atoms with Gasteiger partial charge in [0.2, 0.25) is 0 Å². The molecule has 0 radical (unpaired) electrons. The van der Waals surface area contributed by atoms with Gasteiger partial charge < -0.3 is 0 Å². The Morgan fingerprint density at radius 2 is 1.50 bits per heavy atom. The highest BCUT2D eigenvalue weighted by Crippen LogP contribution is 2.24. The molecule has 4 nitrogen and oxygen atoms in total. The molecule has 2 aromatic carbocycles. The van der Waals surface area contributed by atoms with E-state index in [0.29, 0.717) is 17.7 Å². The van der Waals surface area contributed by atoms with Crippen molar-refractivity contribution in [3.05, 3.63) is 71.8 Å². The van der Waals surface area contributed by atoms with E-state index in [2.05, 4.69) is 17.1 Å². The van der Waals surface area contributed by atoms with Crippen LogP contribution in [0, 0.1) is 0 Å². The Balaban J connectivity index is 1.28. The van der Waals surface area contributed by atoms with E-state index in [9.17, 15) is 9.59 Å². The molecule has 130 valence electrons. The molecule has 1 aliphatic rings. The van der Waals surface area contributed by atoms with Crippen molar-refractivity contribution >= 4 is 34.5 Å². The van der Waals surface area contributed by atoms with Crippen molar-refractivity contribution in [1.82, 2.24) is 9.88 Å². The van der Waals surface area contributed by atoms with Crippen LogP contribution in [0.3, 0.4) is 0 Å². The Kier molecular flexibility index (Phi) is 4.71. The number of carbonyl (C=O) groups excluding carboxylic acids is 2. The van der Waals surface area contributed by atoms with Gasteiger partial charge in [0.25, 0.3) is 11.8 Å².